The fourth-order valence-electron chi connectivity index (χ4n) is 2.92. The van der Waals surface area contributed by atoms with Crippen LogP contribution >= 0.6 is 11.6 Å². The van der Waals surface area contributed by atoms with Gasteiger partial charge in [-0.15, -0.1) is 0 Å². The second-order valence-corrected chi connectivity index (χ2v) is 6.70. The molecule has 0 spiro atoms. The predicted molar refractivity (Wildman–Crippen MR) is 103 cm³/mol. The highest BCUT2D eigenvalue weighted by atomic mass is 35.5. The fraction of sp³-hybridized carbons (Fsp3) is 0.190. The molecule has 3 aromatic rings. The quantitative estimate of drug-likeness (QED) is 0.350. The van der Waals surface area contributed by atoms with E-state index in [1.54, 1.807) is 24.3 Å². The molecule has 5 nitrogen and oxygen atoms in total. The van der Waals surface area contributed by atoms with E-state index < -0.39 is 12.6 Å². The van der Waals surface area contributed by atoms with Gasteiger partial charge in [-0.1, -0.05) is 23.7 Å². The average Bonchev–Trinajstić information content (AvgIpc) is 2.96. The van der Waals surface area contributed by atoms with Gasteiger partial charge in [0.25, 0.3) is 0 Å². The summed E-state index contributed by atoms with van der Waals surface area (Å²) >= 11 is 5.86. The third-order valence-electron chi connectivity index (χ3n) is 4.44. The molecule has 2 aromatic heterocycles. The van der Waals surface area contributed by atoms with Crippen LogP contribution in [0.2, 0.25) is 5.15 Å². The number of halogens is 2. The Morgan fingerprint density at radius 2 is 1.86 bits per heavy atom. The maximum Gasteiger partial charge on any atom is 0.341 e. The zero-order valence-corrected chi connectivity index (χ0v) is 16.2. The number of esters is 1. The van der Waals surface area contributed by atoms with Crippen LogP contribution in [-0.4, -0.2) is 27.9 Å². The Morgan fingerprint density at radius 3 is 2.54 bits per heavy atom. The summed E-state index contributed by atoms with van der Waals surface area (Å²) in [5.74, 6) is -1.31. The minimum absolute atomic E-state index is 0.0254. The van der Waals surface area contributed by atoms with Crippen molar-refractivity contribution in [2.45, 2.75) is 20.4 Å². The molecule has 0 atom stereocenters. The molecule has 0 saturated heterocycles. The number of aryl methyl sites for hydroxylation is 1. The normalized spacial score (nSPS) is 10.7. The van der Waals surface area contributed by atoms with Gasteiger partial charge in [-0.2, -0.15) is 0 Å². The van der Waals surface area contributed by atoms with Crippen LogP contribution < -0.4 is 0 Å². The van der Waals surface area contributed by atoms with Crippen molar-refractivity contribution in [1.29, 1.82) is 0 Å². The van der Waals surface area contributed by atoms with Crippen LogP contribution in [0.25, 0.3) is 0 Å². The standard InChI is InChI=1S/C21H18ClFN2O3/c1-13-10-18(14(2)25(13)11-15-5-7-16(23)8-6-15)19(26)12-28-21(27)17-4-3-9-24-20(17)22/h3-10H,11-12H2,1-2H3. The lowest BCUT2D eigenvalue weighted by atomic mass is 10.1. The maximum atomic E-state index is 13.1. The summed E-state index contributed by atoms with van der Waals surface area (Å²) in [5.41, 5.74) is 3.14. The smallest absolute Gasteiger partial charge is 0.341 e. The number of carbonyl (C=O) groups is 2. The van der Waals surface area contributed by atoms with Gasteiger partial charge in [0.15, 0.2) is 6.61 Å². The first-order chi connectivity index (χ1) is 13.4. The van der Waals surface area contributed by atoms with Crippen molar-refractivity contribution >= 4 is 23.4 Å². The van der Waals surface area contributed by atoms with Crippen LogP contribution in [0.1, 0.15) is 37.7 Å². The molecule has 28 heavy (non-hydrogen) atoms. The lowest BCUT2D eigenvalue weighted by molar-refractivity contribution is 0.0474. The van der Waals surface area contributed by atoms with Gasteiger partial charge in [-0.05, 0) is 49.7 Å². The monoisotopic (exact) mass is 400 g/mol. The molecule has 7 heteroatoms. The van der Waals surface area contributed by atoms with Gasteiger partial charge in [0, 0.05) is 29.7 Å². The van der Waals surface area contributed by atoms with E-state index in [4.69, 9.17) is 16.3 Å². The molecule has 0 aliphatic heterocycles. The van der Waals surface area contributed by atoms with E-state index in [2.05, 4.69) is 4.98 Å². The van der Waals surface area contributed by atoms with Crippen LogP contribution in [-0.2, 0) is 11.3 Å². The Kier molecular flexibility index (Phi) is 5.90. The van der Waals surface area contributed by atoms with Crippen molar-refractivity contribution in [2.24, 2.45) is 0 Å². The van der Waals surface area contributed by atoms with Gasteiger partial charge in [0.1, 0.15) is 11.0 Å². The summed E-state index contributed by atoms with van der Waals surface area (Å²) in [6.45, 7) is 3.82. The van der Waals surface area contributed by atoms with Crippen molar-refractivity contribution in [2.75, 3.05) is 6.61 Å². The van der Waals surface area contributed by atoms with Crippen LogP contribution in [0.3, 0.4) is 0 Å². The van der Waals surface area contributed by atoms with Gasteiger partial charge in [-0.25, -0.2) is 14.2 Å². The van der Waals surface area contributed by atoms with Crippen LogP contribution in [0.5, 0.6) is 0 Å². The highest BCUT2D eigenvalue weighted by molar-refractivity contribution is 6.32. The first-order valence-corrected chi connectivity index (χ1v) is 8.96. The molecule has 0 bridgehead atoms. The van der Waals surface area contributed by atoms with Crippen molar-refractivity contribution in [3.8, 4) is 0 Å². The van der Waals surface area contributed by atoms with Gasteiger partial charge >= 0.3 is 5.97 Å². The first-order valence-electron chi connectivity index (χ1n) is 8.59. The van der Waals surface area contributed by atoms with Gasteiger partial charge < -0.3 is 9.30 Å². The topological polar surface area (TPSA) is 61.2 Å². The van der Waals surface area contributed by atoms with Crippen molar-refractivity contribution < 1.29 is 18.7 Å². The highest BCUT2D eigenvalue weighted by Gasteiger charge is 2.19. The summed E-state index contributed by atoms with van der Waals surface area (Å²) in [5, 5.41) is 0.0254. The summed E-state index contributed by atoms with van der Waals surface area (Å²) in [7, 11) is 0. The Labute approximate surface area is 166 Å². The van der Waals surface area contributed by atoms with E-state index in [1.807, 2.05) is 18.4 Å². The van der Waals surface area contributed by atoms with Crippen LogP contribution in [0.15, 0.2) is 48.7 Å². The number of benzene rings is 1. The Bertz CT molecular complexity index is 1030. The molecule has 0 N–H and O–H groups in total. The number of pyridine rings is 1. The molecular weight excluding hydrogens is 383 g/mol. The van der Waals surface area contributed by atoms with Crippen LogP contribution in [0.4, 0.5) is 4.39 Å². The third kappa shape index (κ3) is 4.28. The second kappa shape index (κ2) is 8.35. The molecule has 0 aliphatic rings. The molecule has 0 unspecified atom stereocenters. The van der Waals surface area contributed by atoms with E-state index >= 15 is 0 Å². The molecule has 0 aliphatic carbocycles. The molecule has 0 fully saturated rings. The minimum atomic E-state index is -0.702. The molecular formula is C21H18ClFN2O3. The molecule has 2 heterocycles. The van der Waals surface area contributed by atoms with E-state index in [9.17, 15) is 14.0 Å². The van der Waals surface area contributed by atoms with E-state index in [0.717, 1.165) is 17.0 Å². The Balaban J connectivity index is 1.71. The first kappa shape index (κ1) is 19.8. The molecule has 1 aromatic carbocycles. The molecule has 0 amide bonds. The number of aromatic nitrogens is 2. The number of hydrogen-bond donors (Lipinski definition) is 0. The summed E-state index contributed by atoms with van der Waals surface area (Å²) in [6, 6.07) is 11.0. The summed E-state index contributed by atoms with van der Waals surface area (Å²) in [4.78, 5) is 28.5. The third-order valence-corrected chi connectivity index (χ3v) is 4.74. The van der Waals surface area contributed by atoms with Gasteiger partial charge in [0.2, 0.25) is 5.78 Å². The predicted octanol–water partition coefficient (Wildman–Crippen LogP) is 4.38. The SMILES string of the molecule is Cc1cc(C(=O)COC(=O)c2cccnc2Cl)c(C)n1Cc1ccc(F)cc1. The number of ether oxygens (including phenoxy) is 1. The molecule has 0 saturated carbocycles. The van der Waals surface area contributed by atoms with E-state index in [-0.39, 0.29) is 22.3 Å². The van der Waals surface area contributed by atoms with Gasteiger partial charge in [0.05, 0.1) is 5.56 Å². The fourth-order valence-corrected chi connectivity index (χ4v) is 3.12. The number of Topliss-reactive ketones (excluding diaryl/α,β-unsaturated/α-hetero) is 1. The summed E-state index contributed by atoms with van der Waals surface area (Å²) in [6.07, 6.45) is 1.46. The highest BCUT2D eigenvalue weighted by Crippen LogP contribution is 2.19. The average molecular weight is 401 g/mol. The van der Waals surface area contributed by atoms with Crippen LogP contribution in [0, 0.1) is 19.7 Å². The maximum absolute atomic E-state index is 13.1. The number of ketones is 1. The second-order valence-electron chi connectivity index (χ2n) is 6.34. The van der Waals surface area contributed by atoms with Gasteiger partial charge in [-0.3, -0.25) is 4.79 Å². The zero-order chi connectivity index (χ0) is 20.3. The van der Waals surface area contributed by atoms with E-state index in [0.29, 0.717) is 12.1 Å². The Morgan fingerprint density at radius 1 is 1.14 bits per heavy atom. The van der Waals surface area contributed by atoms with Crippen molar-refractivity contribution in [3.05, 3.63) is 87.7 Å². The lowest BCUT2D eigenvalue weighted by Gasteiger charge is -2.10. The largest absolute Gasteiger partial charge is 0.454 e. The number of rotatable bonds is 6. The molecule has 3 rings (SSSR count). The number of carbonyl (C=O) groups excluding carboxylic acids is 2. The molecule has 0 radical (unpaired) electrons. The Hall–Kier alpha value is -2.99. The number of hydrogen-bond acceptors (Lipinski definition) is 4. The van der Waals surface area contributed by atoms with Crippen molar-refractivity contribution in [1.82, 2.24) is 9.55 Å². The molecule has 144 valence electrons. The minimum Gasteiger partial charge on any atom is -0.454 e. The lowest BCUT2D eigenvalue weighted by Crippen LogP contribution is -2.15. The van der Waals surface area contributed by atoms with Crippen molar-refractivity contribution in [3.63, 3.8) is 0 Å². The number of nitrogens with zero attached hydrogens (tertiary/aromatic N) is 2. The summed E-state index contributed by atoms with van der Waals surface area (Å²) < 4.78 is 20.1. The zero-order valence-electron chi connectivity index (χ0n) is 15.4. The van der Waals surface area contributed by atoms with E-state index in [1.165, 1.54) is 24.4 Å².